The summed E-state index contributed by atoms with van der Waals surface area (Å²) < 4.78 is 5.85. The van der Waals surface area contributed by atoms with Gasteiger partial charge in [-0.25, -0.2) is 4.98 Å². The lowest BCUT2D eigenvalue weighted by atomic mass is 10.1. The number of ether oxygens (including phenoxy) is 1. The van der Waals surface area contributed by atoms with E-state index < -0.39 is 0 Å². The largest absolute Gasteiger partial charge is 0.489 e. The van der Waals surface area contributed by atoms with Crippen LogP contribution in [0.3, 0.4) is 0 Å². The Labute approximate surface area is 141 Å². The Morgan fingerprint density at radius 1 is 1.08 bits per heavy atom. The van der Waals surface area contributed by atoms with Crippen LogP contribution in [0, 0.1) is 0 Å². The number of hydrazone groups is 1. The molecule has 5 heteroatoms. The van der Waals surface area contributed by atoms with Crippen molar-refractivity contribution in [3.63, 3.8) is 0 Å². The number of benzene rings is 2. The Bertz CT molecular complexity index is 804. The Hall–Kier alpha value is -3.21. The molecule has 0 saturated carbocycles. The molecule has 5 nitrogen and oxygen atoms in total. The quantitative estimate of drug-likeness (QED) is 0.553. The van der Waals surface area contributed by atoms with Gasteiger partial charge >= 0.3 is 0 Å². The Morgan fingerprint density at radius 2 is 1.96 bits per heavy atom. The molecule has 0 spiro atoms. The molecule has 0 aliphatic rings. The molecule has 1 aromatic heterocycles. The van der Waals surface area contributed by atoms with Gasteiger partial charge in [-0.2, -0.15) is 5.10 Å². The maximum absolute atomic E-state index is 5.85. The van der Waals surface area contributed by atoms with Crippen molar-refractivity contribution in [3.8, 4) is 5.75 Å². The van der Waals surface area contributed by atoms with E-state index in [0.29, 0.717) is 12.4 Å². The monoisotopic (exact) mass is 318 g/mol. The van der Waals surface area contributed by atoms with Crippen molar-refractivity contribution in [2.75, 3.05) is 5.43 Å². The molecule has 24 heavy (non-hydrogen) atoms. The van der Waals surface area contributed by atoms with Gasteiger partial charge in [0.05, 0.1) is 11.9 Å². The molecule has 0 aliphatic heterocycles. The van der Waals surface area contributed by atoms with Crippen molar-refractivity contribution in [2.24, 2.45) is 5.10 Å². The molecule has 1 N–H and O–H groups in total. The molecule has 0 radical (unpaired) electrons. The van der Waals surface area contributed by atoms with Crippen molar-refractivity contribution in [3.05, 3.63) is 84.3 Å². The normalized spacial score (nSPS) is 11.1. The van der Waals surface area contributed by atoms with E-state index in [1.165, 1.54) is 0 Å². The van der Waals surface area contributed by atoms with E-state index in [0.717, 1.165) is 22.6 Å². The second-order valence-corrected chi connectivity index (χ2v) is 5.20. The van der Waals surface area contributed by atoms with Crippen LogP contribution in [0.4, 0.5) is 5.82 Å². The fourth-order valence-corrected chi connectivity index (χ4v) is 2.11. The van der Waals surface area contributed by atoms with Crippen molar-refractivity contribution >= 4 is 11.5 Å². The van der Waals surface area contributed by atoms with Gasteiger partial charge in [-0.15, -0.1) is 0 Å². The van der Waals surface area contributed by atoms with E-state index in [-0.39, 0.29) is 0 Å². The minimum Gasteiger partial charge on any atom is -0.489 e. The maximum atomic E-state index is 5.85. The number of rotatable bonds is 6. The van der Waals surface area contributed by atoms with Crippen LogP contribution < -0.4 is 10.2 Å². The molecule has 0 unspecified atom stereocenters. The van der Waals surface area contributed by atoms with E-state index in [9.17, 15) is 0 Å². The first-order valence-corrected chi connectivity index (χ1v) is 7.65. The number of nitrogens with zero attached hydrogens (tertiary/aromatic N) is 3. The van der Waals surface area contributed by atoms with Crippen LogP contribution in [0.5, 0.6) is 5.75 Å². The summed E-state index contributed by atoms with van der Waals surface area (Å²) in [5.41, 5.74) is 5.85. The van der Waals surface area contributed by atoms with E-state index in [2.05, 4.69) is 20.5 Å². The molecule has 0 bridgehead atoms. The fraction of sp³-hybridized carbons (Fsp3) is 0.105. The zero-order valence-electron chi connectivity index (χ0n) is 13.4. The molecule has 2 aromatic carbocycles. The van der Waals surface area contributed by atoms with Gasteiger partial charge in [0.2, 0.25) is 0 Å². The average molecular weight is 318 g/mol. The third kappa shape index (κ3) is 4.39. The van der Waals surface area contributed by atoms with Crippen LogP contribution in [0.25, 0.3) is 0 Å². The van der Waals surface area contributed by atoms with Crippen LogP contribution in [0.2, 0.25) is 0 Å². The van der Waals surface area contributed by atoms with Crippen LogP contribution in [-0.4, -0.2) is 15.7 Å². The zero-order chi connectivity index (χ0) is 16.6. The first kappa shape index (κ1) is 15.7. The van der Waals surface area contributed by atoms with Crippen molar-refractivity contribution in [1.29, 1.82) is 0 Å². The predicted octanol–water partition coefficient (Wildman–Crippen LogP) is 3.89. The predicted molar refractivity (Wildman–Crippen MR) is 95.1 cm³/mol. The smallest absolute Gasteiger partial charge is 0.164 e. The molecule has 0 saturated heterocycles. The summed E-state index contributed by atoms with van der Waals surface area (Å²) in [6.07, 6.45) is 4.86. The first-order valence-electron chi connectivity index (χ1n) is 7.65. The van der Waals surface area contributed by atoms with Crippen LogP contribution in [0.1, 0.15) is 18.1 Å². The molecule has 0 atom stereocenters. The third-order valence-corrected chi connectivity index (χ3v) is 3.40. The Morgan fingerprint density at radius 3 is 2.75 bits per heavy atom. The van der Waals surface area contributed by atoms with Crippen molar-refractivity contribution in [1.82, 2.24) is 9.97 Å². The maximum Gasteiger partial charge on any atom is 0.164 e. The average Bonchev–Trinajstić information content (AvgIpc) is 2.66. The lowest BCUT2D eigenvalue weighted by molar-refractivity contribution is 0.306. The molecule has 3 rings (SSSR count). The molecular formula is C19H18N4O. The van der Waals surface area contributed by atoms with E-state index in [4.69, 9.17) is 4.74 Å². The highest BCUT2D eigenvalue weighted by atomic mass is 16.5. The molecule has 120 valence electrons. The van der Waals surface area contributed by atoms with Crippen molar-refractivity contribution in [2.45, 2.75) is 13.5 Å². The fourth-order valence-electron chi connectivity index (χ4n) is 2.11. The van der Waals surface area contributed by atoms with Gasteiger partial charge in [-0.3, -0.25) is 10.4 Å². The van der Waals surface area contributed by atoms with Gasteiger partial charge in [0.25, 0.3) is 0 Å². The van der Waals surface area contributed by atoms with Gasteiger partial charge in [0.1, 0.15) is 12.4 Å². The number of hydrogen-bond donors (Lipinski definition) is 1. The Balaban J connectivity index is 1.65. The highest BCUT2D eigenvalue weighted by molar-refractivity contribution is 5.99. The molecule has 0 fully saturated rings. The highest BCUT2D eigenvalue weighted by Gasteiger charge is 2.01. The zero-order valence-corrected chi connectivity index (χ0v) is 13.4. The first-order chi connectivity index (χ1) is 11.8. The van der Waals surface area contributed by atoms with E-state index >= 15 is 0 Å². The molecule has 0 amide bonds. The van der Waals surface area contributed by atoms with Gasteiger partial charge in [0.15, 0.2) is 5.82 Å². The summed E-state index contributed by atoms with van der Waals surface area (Å²) in [5, 5.41) is 4.33. The number of aromatic nitrogens is 2. The summed E-state index contributed by atoms with van der Waals surface area (Å²) >= 11 is 0. The highest BCUT2D eigenvalue weighted by Crippen LogP contribution is 2.16. The van der Waals surface area contributed by atoms with Crippen LogP contribution in [0.15, 0.2) is 78.3 Å². The second-order valence-electron chi connectivity index (χ2n) is 5.20. The molecular weight excluding hydrogens is 300 g/mol. The summed E-state index contributed by atoms with van der Waals surface area (Å²) in [6.45, 7) is 2.47. The Kier molecular flexibility index (Phi) is 5.14. The SMILES string of the molecule is CC(=NNc1cnccn1)c1cccc(OCc2ccccc2)c1. The summed E-state index contributed by atoms with van der Waals surface area (Å²) in [7, 11) is 0. The van der Waals surface area contributed by atoms with Crippen molar-refractivity contribution < 1.29 is 4.74 Å². The number of anilines is 1. The molecule has 3 aromatic rings. The number of hydrogen-bond acceptors (Lipinski definition) is 5. The standard InChI is InChI=1S/C19H18N4O/c1-15(22-23-19-13-20-10-11-21-19)17-8-5-9-18(12-17)24-14-16-6-3-2-4-7-16/h2-13H,14H2,1H3,(H,21,23). The van der Waals surface area contributed by atoms with Crippen LogP contribution >= 0.6 is 0 Å². The summed E-state index contributed by atoms with van der Waals surface area (Å²) in [4.78, 5) is 8.11. The van der Waals surface area contributed by atoms with Crippen LogP contribution in [-0.2, 0) is 6.61 Å². The van der Waals surface area contributed by atoms with Gasteiger partial charge < -0.3 is 4.74 Å². The summed E-state index contributed by atoms with van der Waals surface area (Å²) in [5.74, 6) is 1.42. The van der Waals surface area contributed by atoms with Gasteiger partial charge in [0, 0.05) is 18.0 Å². The minimum atomic E-state index is 0.540. The van der Waals surface area contributed by atoms with Gasteiger partial charge in [-0.05, 0) is 24.6 Å². The summed E-state index contributed by atoms with van der Waals surface area (Å²) in [6, 6.07) is 17.9. The van der Waals surface area contributed by atoms with E-state index in [1.54, 1.807) is 18.6 Å². The lowest BCUT2D eigenvalue weighted by Crippen LogP contribution is -2.02. The van der Waals surface area contributed by atoms with Gasteiger partial charge in [-0.1, -0.05) is 42.5 Å². The third-order valence-electron chi connectivity index (χ3n) is 3.40. The topological polar surface area (TPSA) is 59.4 Å². The second kappa shape index (κ2) is 7.87. The molecule has 0 aliphatic carbocycles. The molecule has 1 heterocycles. The minimum absolute atomic E-state index is 0.540. The number of nitrogens with one attached hydrogen (secondary N) is 1. The lowest BCUT2D eigenvalue weighted by Gasteiger charge is -2.08. The van der Waals surface area contributed by atoms with E-state index in [1.807, 2.05) is 61.5 Å².